The highest BCUT2D eigenvalue weighted by molar-refractivity contribution is 5.37. The summed E-state index contributed by atoms with van der Waals surface area (Å²) in [5.41, 5.74) is 2.36. The van der Waals surface area contributed by atoms with E-state index in [2.05, 4.69) is 29.3 Å². The highest BCUT2D eigenvalue weighted by Gasteiger charge is 2.21. The van der Waals surface area contributed by atoms with Crippen LogP contribution in [0.15, 0.2) is 54.6 Å². The molecule has 0 aromatic heterocycles. The number of hydrogen-bond donors (Lipinski definition) is 1. The van der Waals surface area contributed by atoms with Crippen molar-refractivity contribution in [2.24, 2.45) is 0 Å². The quantitative estimate of drug-likeness (QED) is 0.679. The number of para-hydroxylation sites is 1. The summed E-state index contributed by atoms with van der Waals surface area (Å²) in [7, 11) is 0. The van der Waals surface area contributed by atoms with Crippen molar-refractivity contribution in [3.63, 3.8) is 0 Å². The molecule has 2 aromatic rings. The van der Waals surface area contributed by atoms with E-state index in [1.165, 1.54) is 5.56 Å². The lowest BCUT2D eigenvalue weighted by atomic mass is 10.1. The summed E-state index contributed by atoms with van der Waals surface area (Å²) >= 11 is 0. The fraction of sp³-hybridized carbons (Fsp3) is 0.222. The lowest BCUT2D eigenvalue weighted by Crippen LogP contribution is -2.30. The number of hydrogen-bond acceptors (Lipinski definition) is 2. The van der Waals surface area contributed by atoms with Crippen LogP contribution in [0.3, 0.4) is 0 Å². The summed E-state index contributed by atoms with van der Waals surface area (Å²) in [5, 5.41) is 3.33. The summed E-state index contributed by atoms with van der Waals surface area (Å²) in [6, 6.07) is 18.3. The van der Waals surface area contributed by atoms with Crippen molar-refractivity contribution in [1.82, 2.24) is 5.32 Å². The Balaban J connectivity index is 1.43. The molecule has 20 heavy (non-hydrogen) atoms. The molecule has 0 saturated carbocycles. The first-order valence-electron chi connectivity index (χ1n) is 6.91. The number of ether oxygens (including phenoxy) is 1. The highest BCUT2D eigenvalue weighted by atomic mass is 16.5. The predicted molar refractivity (Wildman–Crippen MR) is 80.8 cm³/mol. The molecule has 1 N–H and O–H groups in total. The minimum atomic E-state index is 0.228. The molecule has 1 unspecified atom stereocenters. The predicted octanol–water partition coefficient (Wildman–Crippen LogP) is 2.63. The van der Waals surface area contributed by atoms with Gasteiger partial charge in [-0.3, -0.25) is 0 Å². The van der Waals surface area contributed by atoms with Crippen molar-refractivity contribution >= 4 is 0 Å². The average molecular weight is 263 g/mol. The van der Waals surface area contributed by atoms with Gasteiger partial charge < -0.3 is 10.1 Å². The molecule has 1 aliphatic rings. The Morgan fingerprint density at radius 2 is 1.85 bits per heavy atom. The number of benzene rings is 2. The van der Waals surface area contributed by atoms with E-state index >= 15 is 0 Å². The van der Waals surface area contributed by atoms with Crippen LogP contribution in [0.25, 0.3) is 0 Å². The van der Waals surface area contributed by atoms with Crippen LogP contribution in [0, 0.1) is 11.8 Å². The first-order valence-corrected chi connectivity index (χ1v) is 6.91. The van der Waals surface area contributed by atoms with Crippen LogP contribution < -0.4 is 10.1 Å². The Morgan fingerprint density at radius 3 is 2.70 bits per heavy atom. The molecule has 2 heteroatoms. The van der Waals surface area contributed by atoms with Crippen LogP contribution in [0.5, 0.6) is 5.75 Å². The average Bonchev–Trinajstić information content (AvgIpc) is 2.90. The van der Waals surface area contributed by atoms with E-state index in [1.807, 2.05) is 42.5 Å². The summed E-state index contributed by atoms with van der Waals surface area (Å²) in [6.07, 6.45) is 1.21. The minimum Gasteiger partial charge on any atom is -0.488 e. The summed E-state index contributed by atoms with van der Waals surface area (Å²) in [5.74, 6) is 7.29. The standard InChI is InChI=1S/C18H17NO/c1-2-7-15(8-3-1)9-6-12-19-14-17-13-16-10-4-5-11-18(16)20-17/h1-5,7-8,10-11,17,19H,12-14H2. The van der Waals surface area contributed by atoms with Gasteiger partial charge in [0.15, 0.2) is 0 Å². The van der Waals surface area contributed by atoms with E-state index in [0.717, 1.165) is 24.3 Å². The molecule has 0 aliphatic carbocycles. The maximum absolute atomic E-state index is 5.86. The summed E-state index contributed by atoms with van der Waals surface area (Å²) in [6.45, 7) is 1.52. The molecule has 2 nitrogen and oxygen atoms in total. The first-order chi connectivity index (χ1) is 9.92. The third-order valence-electron chi connectivity index (χ3n) is 3.31. The zero-order valence-corrected chi connectivity index (χ0v) is 11.3. The molecule has 0 amide bonds. The van der Waals surface area contributed by atoms with Crippen molar-refractivity contribution in [3.8, 4) is 17.6 Å². The molecule has 0 saturated heterocycles. The van der Waals surface area contributed by atoms with Gasteiger partial charge >= 0.3 is 0 Å². The molecule has 1 atom stereocenters. The normalized spacial score (nSPS) is 15.9. The summed E-state index contributed by atoms with van der Waals surface area (Å²) < 4.78 is 5.86. The van der Waals surface area contributed by atoms with Crippen LogP contribution >= 0.6 is 0 Å². The third kappa shape index (κ3) is 3.20. The molecule has 1 aliphatic heterocycles. The van der Waals surface area contributed by atoms with Crippen LogP contribution in [0.2, 0.25) is 0 Å². The van der Waals surface area contributed by atoms with E-state index in [-0.39, 0.29) is 6.10 Å². The van der Waals surface area contributed by atoms with Crippen LogP contribution in [0.1, 0.15) is 11.1 Å². The molecule has 100 valence electrons. The molecule has 0 spiro atoms. The summed E-state index contributed by atoms with van der Waals surface area (Å²) in [4.78, 5) is 0. The second kappa shape index (κ2) is 6.27. The van der Waals surface area contributed by atoms with Crippen LogP contribution in [0.4, 0.5) is 0 Å². The number of fused-ring (bicyclic) bond motifs is 1. The van der Waals surface area contributed by atoms with Crippen molar-refractivity contribution in [2.75, 3.05) is 13.1 Å². The largest absolute Gasteiger partial charge is 0.488 e. The monoisotopic (exact) mass is 263 g/mol. The number of rotatable bonds is 3. The zero-order chi connectivity index (χ0) is 13.6. The van der Waals surface area contributed by atoms with E-state index in [4.69, 9.17) is 4.74 Å². The molecular formula is C18H17NO. The Hall–Kier alpha value is -2.24. The SMILES string of the molecule is C(#Cc1ccccc1)CNCC1Cc2ccccc2O1. The lowest BCUT2D eigenvalue weighted by Gasteiger charge is -2.09. The maximum atomic E-state index is 5.86. The van der Waals surface area contributed by atoms with Gasteiger partial charge in [-0.25, -0.2) is 0 Å². The highest BCUT2D eigenvalue weighted by Crippen LogP contribution is 2.27. The lowest BCUT2D eigenvalue weighted by molar-refractivity contribution is 0.230. The van der Waals surface area contributed by atoms with E-state index in [0.29, 0.717) is 6.54 Å². The molecule has 0 fully saturated rings. The van der Waals surface area contributed by atoms with Crippen molar-refractivity contribution in [3.05, 3.63) is 65.7 Å². The Morgan fingerprint density at radius 1 is 1.05 bits per heavy atom. The molecular weight excluding hydrogens is 246 g/mol. The van der Waals surface area contributed by atoms with Crippen molar-refractivity contribution in [2.45, 2.75) is 12.5 Å². The second-order valence-corrected chi connectivity index (χ2v) is 4.85. The molecule has 0 bridgehead atoms. The molecule has 0 radical (unpaired) electrons. The van der Waals surface area contributed by atoms with Gasteiger partial charge in [0, 0.05) is 18.5 Å². The van der Waals surface area contributed by atoms with Crippen LogP contribution in [-0.4, -0.2) is 19.2 Å². The fourth-order valence-corrected chi connectivity index (χ4v) is 2.33. The van der Waals surface area contributed by atoms with E-state index < -0.39 is 0 Å². The Bertz CT molecular complexity index is 600. The smallest absolute Gasteiger partial charge is 0.123 e. The number of nitrogens with one attached hydrogen (secondary N) is 1. The molecule has 2 aromatic carbocycles. The van der Waals surface area contributed by atoms with E-state index in [1.54, 1.807) is 0 Å². The van der Waals surface area contributed by atoms with E-state index in [9.17, 15) is 0 Å². The Kier molecular flexibility index (Phi) is 4.01. The van der Waals surface area contributed by atoms with Gasteiger partial charge in [0.1, 0.15) is 11.9 Å². The fourth-order valence-electron chi connectivity index (χ4n) is 2.33. The van der Waals surface area contributed by atoms with Gasteiger partial charge in [-0.1, -0.05) is 48.2 Å². The topological polar surface area (TPSA) is 21.3 Å². The minimum absolute atomic E-state index is 0.228. The van der Waals surface area contributed by atoms with Gasteiger partial charge in [-0.2, -0.15) is 0 Å². The first kappa shape index (κ1) is 12.8. The van der Waals surface area contributed by atoms with Gasteiger partial charge in [0.25, 0.3) is 0 Å². The zero-order valence-electron chi connectivity index (χ0n) is 11.3. The second-order valence-electron chi connectivity index (χ2n) is 4.85. The van der Waals surface area contributed by atoms with Crippen molar-refractivity contribution < 1.29 is 4.74 Å². The Labute approximate surface area is 119 Å². The maximum Gasteiger partial charge on any atom is 0.123 e. The van der Waals surface area contributed by atoms with Gasteiger partial charge in [-0.15, -0.1) is 0 Å². The van der Waals surface area contributed by atoms with Crippen LogP contribution in [-0.2, 0) is 6.42 Å². The third-order valence-corrected chi connectivity index (χ3v) is 3.31. The molecule has 1 heterocycles. The van der Waals surface area contributed by atoms with Crippen molar-refractivity contribution in [1.29, 1.82) is 0 Å². The van der Waals surface area contributed by atoms with Gasteiger partial charge in [-0.05, 0) is 23.8 Å². The van der Waals surface area contributed by atoms with Gasteiger partial charge in [0.2, 0.25) is 0 Å². The van der Waals surface area contributed by atoms with Gasteiger partial charge in [0.05, 0.1) is 6.54 Å². The molecule has 3 rings (SSSR count).